The lowest BCUT2D eigenvalue weighted by molar-refractivity contribution is 0.0649. The summed E-state index contributed by atoms with van der Waals surface area (Å²) in [5, 5.41) is 1.09. The molecule has 0 N–H and O–H groups in total. The zero-order valence-corrected chi connectivity index (χ0v) is 11.4. The molecule has 2 heterocycles. The number of fused-ring (bicyclic) bond motifs is 1. The molecule has 1 saturated heterocycles. The van der Waals surface area contributed by atoms with Crippen LogP contribution in [0.3, 0.4) is 0 Å². The van der Waals surface area contributed by atoms with Crippen molar-refractivity contribution in [1.82, 2.24) is 9.88 Å². The van der Waals surface area contributed by atoms with Crippen LogP contribution in [0, 0.1) is 6.92 Å². The van der Waals surface area contributed by atoms with Crippen molar-refractivity contribution in [2.45, 2.75) is 26.7 Å². The zero-order valence-electron chi connectivity index (χ0n) is 11.4. The number of carbonyl (C=O) groups excluding carboxylic acids is 1. The fraction of sp³-hybridized carbons (Fsp3) is 0.375. The number of aryl methyl sites for hydroxylation is 2. The molecule has 0 unspecified atom stereocenters. The van der Waals surface area contributed by atoms with E-state index < -0.39 is 0 Å². The Kier molecular flexibility index (Phi) is 2.97. The fourth-order valence-corrected chi connectivity index (χ4v) is 2.66. The highest BCUT2D eigenvalue weighted by Gasteiger charge is 2.26. The number of aromatic nitrogens is 1. The number of likely N-dealkylation sites (tertiary alicyclic amines) is 1. The first-order chi connectivity index (χ1) is 9.22. The van der Waals surface area contributed by atoms with Crippen molar-refractivity contribution in [2.24, 2.45) is 0 Å². The second-order valence-corrected chi connectivity index (χ2v) is 5.07. The fourth-order valence-electron chi connectivity index (χ4n) is 2.66. The molecule has 1 aromatic carbocycles. The van der Waals surface area contributed by atoms with Gasteiger partial charge in [-0.3, -0.25) is 9.78 Å². The van der Waals surface area contributed by atoms with E-state index in [0.717, 1.165) is 53.7 Å². The molecule has 98 valence electrons. The van der Waals surface area contributed by atoms with Crippen LogP contribution in [0.15, 0.2) is 24.3 Å². The molecule has 2 aromatic rings. The SMILES string of the molecule is CCc1nc2ccccc2c(C)c1C(=O)N1CCC1. The van der Waals surface area contributed by atoms with Gasteiger partial charge in [-0.25, -0.2) is 0 Å². The van der Waals surface area contributed by atoms with E-state index >= 15 is 0 Å². The Morgan fingerprint density at radius 1 is 1.32 bits per heavy atom. The summed E-state index contributed by atoms with van der Waals surface area (Å²) in [7, 11) is 0. The smallest absolute Gasteiger partial charge is 0.255 e. The van der Waals surface area contributed by atoms with Gasteiger partial charge in [-0.05, 0) is 31.4 Å². The Bertz CT molecular complexity index is 644. The number of carbonyl (C=O) groups is 1. The van der Waals surface area contributed by atoms with Crippen LogP contribution in [0.5, 0.6) is 0 Å². The van der Waals surface area contributed by atoms with Gasteiger partial charge in [0.05, 0.1) is 16.8 Å². The lowest BCUT2D eigenvalue weighted by Crippen LogP contribution is -2.42. The number of rotatable bonds is 2. The third kappa shape index (κ3) is 1.89. The van der Waals surface area contributed by atoms with Crippen molar-refractivity contribution in [1.29, 1.82) is 0 Å². The predicted octanol–water partition coefficient (Wildman–Crippen LogP) is 2.95. The molecular weight excluding hydrogens is 236 g/mol. The predicted molar refractivity (Wildman–Crippen MR) is 76.4 cm³/mol. The maximum absolute atomic E-state index is 12.6. The van der Waals surface area contributed by atoms with Gasteiger partial charge in [-0.2, -0.15) is 0 Å². The quantitative estimate of drug-likeness (QED) is 0.825. The molecule has 19 heavy (non-hydrogen) atoms. The van der Waals surface area contributed by atoms with Gasteiger partial charge in [-0.15, -0.1) is 0 Å². The zero-order chi connectivity index (χ0) is 13.4. The lowest BCUT2D eigenvalue weighted by Gasteiger charge is -2.32. The molecule has 1 amide bonds. The van der Waals surface area contributed by atoms with Crippen molar-refractivity contribution in [3.8, 4) is 0 Å². The van der Waals surface area contributed by atoms with Gasteiger partial charge in [0.2, 0.25) is 0 Å². The van der Waals surface area contributed by atoms with Crippen LogP contribution >= 0.6 is 0 Å². The van der Waals surface area contributed by atoms with Gasteiger partial charge >= 0.3 is 0 Å². The first kappa shape index (κ1) is 12.2. The molecule has 1 aliphatic rings. The van der Waals surface area contributed by atoms with Crippen LogP contribution in [0.2, 0.25) is 0 Å². The van der Waals surface area contributed by atoms with Crippen LogP contribution in [0.4, 0.5) is 0 Å². The number of benzene rings is 1. The Hall–Kier alpha value is -1.90. The summed E-state index contributed by atoms with van der Waals surface area (Å²) in [4.78, 5) is 19.1. The van der Waals surface area contributed by atoms with Gasteiger partial charge in [0.15, 0.2) is 0 Å². The first-order valence-corrected chi connectivity index (χ1v) is 6.90. The molecule has 1 aliphatic heterocycles. The van der Waals surface area contributed by atoms with Crippen molar-refractivity contribution in [3.05, 3.63) is 41.1 Å². The average molecular weight is 254 g/mol. The largest absolute Gasteiger partial charge is 0.338 e. The minimum atomic E-state index is 0.152. The molecular formula is C16H18N2O. The van der Waals surface area contributed by atoms with Gasteiger partial charge < -0.3 is 4.90 Å². The maximum atomic E-state index is 12.6. The Balaban J connectivity index is 2.20. The highest BCUT2D eigenvalue weighted by Crippen LogP contribution is 2.25. The minimum Gasteiger partial charge on any atom is -0.338 e. The highest BCUT2D eigenvalue weighted by molar-refractivity contribution is 6.01. The van der Waals surface area contributed by atoms with E-state index in [1.807, 2.05) is 36.1 Å². The minimum absolute atomic E-state index is 0.152. The molecule has 0 saturated carbocycles. The van der Waals surface area contributed by atoms with Gasteiger partial charge in [0.25, 0.3) is 5.91 Å². The third-order valence-electron chi connectivity index (χ3n) is 3.92. The van der Waals surface area contributed by atoms with E-state index in [2.05, 4.69) is 11.9 Å². The van der Waals surface area contributed by atoms with E-state index in [9.17, 15) is 4.79 Å². The van der Waals surface area contributed by atoms with Crippen LogP contribution in [0.25, 0.3) is 10.9 Å². The summed E-state index contributed by atoms with van der Waals surface area (Å²) in [5.41, 5.74) is 3.80. The molecule has 3 rings (SSSR count). The molecule has 0 spiro atoms. The van der Waals surface area contributed by atoms with Crippen molar-refractivity contribution >= 4 is 16.8 Å². The average Bonchev–Trinajstić information content (AvgIpc) is 2.36. The highest BCUT2D eigenvalue weighted by atomic mass is 16.2. The summed E-state index contributed by atoms with van der Waals surface area (Å²) in [6.07, 6.45) is 1.91. The van der Waals surface area contributed by atoms with Crippen LogP contribution < -0.4 is 0 Å². The van der Waals surface area contributed by atoms with Crippen molar-refractivity contribution in [2.75, 3.05) is 13.1 Å². The summed E-state index contributed by atoms with van der Waals surface area (Å²) >= 11 is 0. The number of amides is 1. The Labute approximate surface area is 113 Å². The van der Waals surface area contributed by atoms with Gasteiger partial charge in [0, 0.05) is 18.5 Å². The lowest BCUT2D eigenvalue weighted by atomic mass is 9.98. The second-order valence-electron chi connectivity index (χ2n) is 5.07. The van der Waals surface area contributed by atoms with E-state index in [0.29, 0.717) is 0 Å². The van der Waals surface area contributed by atoms with Gasteiger partial charge in [-0.1, -0.05) is 25.1 Å². The summed E-state index contributed by atoms with van der Waals surface area (Å²) in [6, 6.07) is 8.05. The molecule has 1 fully saturated rings. The Morgan fingerprint density at radius 2 is 2.05 bits per heavy atom. The monoisotopic (exact) mass is 254 g/mol. The van der Waals surface area contributed by atoms with Crippen LogP contribution in [-0.2, 0) is 6.42 Å². The normalized spacial score (nSPS) is 14.5. The second kappa shape index (κ2) is 4.65. The standard InChI is InChI=1S/C16H18N2O/c1-3-13-15(16(19)18-9-6-10-18)11(2)12-7-4-5-8-14(12)17-13/h4-5,7-8H,3,6,9-10H2,1-2H3. The van der Waals surface area contributed by atoms with E-state index in [1.165, 1.54) is 0 Å². The molecule has 0 bridgehead atoms. The van der Waals surface area contributed by atoms with Gasteiger partial charge in [0.1, 0.15) is 0 Å². The van der Waals surface area contributed by atoms with Crippen LogP contribution in [0.1, 0.15) is 35.0 Å². The molecule has 0 aliphatic carbocycles. The summed E-state index contributed by atoms with van der Waals surface area (Å²) < 4.78 is 0. The summed E-state index contributed by atoms with van der Waals surface area (Å²) in [5.74, 6) is 0.152. The number of nitrogens with zero attached hydrogens (tertiary/aromatic N) is 2. The number of para-hydroxylation sites is 1. The van der Waals surface area contributed by atoms with E-state index in [4.69, 9.17) is 0 Å². The first-order valence-electron chi connectivity index (χ1n) is 6.90. The molecule has 1 aromatic heterocycles. The molecule has 3 nitrogen and oxygen atoms in total. The van der Waals surface area contributed by atoms with Crippen molar-refractivity contribution < 1.29 is 4.79 Å². The molecule has 3 heteroatoms. The maximum Gasteiger partial charge on any atom is 0.255 e. The Morgan fingerprint density at radius 3 is 2.68 bits per heavy atom. The number of hydrogen-bond donors (Lipinski definition) is 0. The van der Waals surface area contributed by atoms with Crippen LogP contribution in [-0.4, -0.2) is 28.9 Å². The van der Waals surface area contributed by atoms with E-state index in [-0.39, 0.29) is 5.91 Å². The molecule has 0 radical (unpaired) electrons. The molecule has 0 atom stereocenters. The third-order valence-corrected chi connectivity index (χ3v) is 3.92. The summed E-state index contributed by atoms with van der Waals surface area (Å²) in [6.45, 7) is 5.86. The topological polar surface area (TPSA) is 33.2 Å². The number of hydrogen-bond acceptors (Lipinski definition) is 2. The van der Waals surface area contributed by atoms with E-state index in [1.54, 1.807) is 0 Å². The number of pyridine rings is 1. The van der Waals surface area contributed by atoms with Crippen molar-refractivity contribution in [3.63, 3.8) is 0 Å².